The van der Waals surface area contributed by atoms with Crippen LogP contribution in [0.5, 0.6) is 5.75 Å². The summed E-state index contributed by atoms with van der Waals surface area (Å²) in [6, 6.07) is 25.5. The van der Waals surface area contributed by atoms with Crippen molar-refractivity contribution in [3.63, 3.8) is 0 Å². The van der Waals surface area contributed by atoms with Gasteiger partial charge in [-0.05, 0) is 73.4 Å². The number of carbonyl (C=O) groups is 1. The lowest BCUT2D eigenvalue weighted by atomic mass is 9.89. The zero-order chi connectivity index (χ0) is 25.7. The number of nitrogens with zero attached hydrogens (tertiary/aromatic N) is 1. The van der Waals surface area contributed by atoms with Crippen LogP contribution in [0.1, 0.15) is 36.5 Å². The summed E-state index contributed by atoms with van der Waals surface area (Å²) in [6.45, 7) is 6.45. The van der Waals surface area contributed by atoms with E-state index in [4.69, 9.17) is 16.3 Å². The summed E-state index contributed by atoms with van der Waals surface area (Å²) in [4.78, 5) is 12.8. The third-order valence-electron chi connectivity index (χ3n) is 6.37. The number of anilines is 1. The van der Waals surface area contributed by atoms with Crippen molar-refractivity contribution in [2.75, 3.05) is 5.32 Å². The van der Waals surface area contributed by atoms with Crippen LogP contribution in [0.4, 0.5) is 5.69 Å². The van der Waals surface area contributed by atoms with Crippen molar-refractivity contribution in [3.05, 3.63) is 129 Å². The van der Waals surface area contributed by atoms with Crippen molar-refractivity contribution in [1.29, 1.82) is 5.26 Å². The number of nitriles is 1. The van der Waals surface area contributed by atoms with E-state index in [9.17, 15) is 10.1 Å². The molecule has 4 nitrogen and oxygen atoms in total. The van der Waals surface area contributed by atoms with Gasteiger partial charge < -0.3 is 10.1 Å². The van der Waals surface area contributed by atoms with Gasteiger partial charge in [-0.3, -0.25) is 4.79 Å². The highest BCUT2D eigenvalue weighted by Gasteiger charge is 2.24. The molecule has 0 saturated carbocycles. The Hall–Kier alpha value is -4.07. The molecule has 1 N–H and O–H groups in total. The van der Waals surface area contributed by atoms with Crippen molar-refractivity contribution in [2.24, 2.45) is 0 Å². The lowest BCUT2D eigenvalue weighted by molar-refractivity contribution is -0.112. The maximum Gasteiger partial charge on any atom is 0.266 e. The molecule has 0 heterocycles. The molecule has 0 aliphatic heterocycles. The molecule has 0 spiro atoms. The highest BCUT2D eigenvalue weighted by atomic mass is 35.5. The van der Waals surface area contributed by atoms with Gasteiger partial charge in [-0.2, -0.15) is 5.26 Å². The fraction of sp³-hybridized carbons (Fsp3) is 0.161. The Morgan fingerprint density at radius 2 is 1.75 bits per heavy atom. The maximum atomic E-state index is 12.8. The minimum atomic E-state index is -0.461. The number of carbonyl (C=O) groups excluding carboxylic acids is 1. The van der Waals surface area contributed by atoms with Crippen LogP contribution < -0.4 is 10.1 Å². The first kappa shape index (κ1) is 25.0. The van der Waals surface area contributed by atoms with E-state index < -0.39 is 5.91 Å². The largest absolute Gasteiger partial charge is 0.489 e. The molecule has 180 valence electrons. The molecule has 4 rings (SSSR count). The second-order valence-corrected chi connectivity index (χ2v) is 9.25. The Morgan fingerprint density at radius 1 is 1.03 bits per heavy atom. The second kappa shape index (κ2) is 11.1. The van der Waals surface area contributed by atoms with Crippen molar-refractivity contribution >= 4 is 23.2 Å². The summed E-state index contributed by atoms with van der Waals surface area (Å²) in [5, 5.41) is 13.1. The second-order valence-electron chi connectivity index (χ2n) is 8.84. The fourth-order valence-electron chi connectivity index (χ4n) is 4.35. The molecule has 0 fully saturated rings. The molecule has 1 aliphatic rings. The van der Waals surface area contributed by atoms with E-state index >= 15 is 0 Å². The van der Waals surface area contributed by atoms with Crippen LogP contribution in [0, 0.1) is 18.3 Å². The van der Waals surface area contributed by atoms with E-state index in [2.05, 4.69) is 24.4 Å². The SMILES string of the molecule is CC1=CC(/C=C(/C#N)C(=O)Nc2cccc(Cl)c2C)=C(C)[C@H]1c1ccc(OCc2ccccc2)cc1. The molecule has 1 aliphatic carbocycles. The average Bonchev–Trinajstić information content (AvgIpc) is 3.17. The van der Waals surface area contributed by atoms with E-state index in [0.717, 1.165) is 39.2 Å². The standard InChI is InChI=1S/C31H27ClN2O2/c1-20-16-25(17-26(18-33)31(35)34-29-11-7-10-28(32)22(29)3)21(2)30(20)24-12-14-27(15-13-24)36-19-23-8-5-4-6-9-23/h4-17,30H,19H2,1-3H3,(H,34,35)/b26-17-/t30-/m0/s1. The molecule has 1 atom stereocenters. The van der Waals surface area contributed by atoms with Crippen LogP contribution in [-0.2, 0) is 11.4 Å². The van der Waals surface area contributed by atoms with Gasteiger partial charge >= 0.3 is 0 Å². The Kier molecular flexibility index (Phi) is 7.73. The number of hydrogen-bond acceptors (Lipinski definition) is 3. The van der Waals surface area contributed by atoms with Crippen LogP contribution in [0.3, 0.4) is 0 Å². The predicted molar refractivity (Wildman–Crippen MR) is 145 cm³/mol. The molecule has 0 unspecified atom stereocenters. The normalized spacial score (nSPS) is 15.4. The number of halogens is 1. The predicted octanol–water partition coefficient (Wildman–Crippen LogP) is 7.68. The molecule has 5 heteroatoms. The Bertz CT molecular complexity index is 1410. The van der Waals surface area contributed by atoms with Crippen molar-refractivity contribution in [1.82, 2.24) is 0 Å². The average molecular weight is 495 g/mol. The Morgan fingerprint density at radius 3 is 2.44 bits per heavy atom. The lowest BCUT2D eigenvalue weighted by Gasteiger charge is -2.16. The van der Waals surface area contributed by atoms with Crippen LogP contribution in [0.15, 0.2) is 107 Å². The molecule has 3 aromatic rings. The monoisotopic (exact) mass is 494 g/mol. The number of rotatable bonds is 7. The van der Waals surface area contributed by atoms with E-state index in [-0.39, 0.29) is 11.5 Å². The third kappa shape index (κ3) is 5.59. The fourth-order valence-corrected chi connectivity index (χ4v) is 4.53. The van der Waals surface area contributed by atoms with Crippen molar-refractivity contribution in [2.45, 2.75) is 33.3 Å². The van der Waals surface area contributed by atoms with Gasteiger partial charge in [-0.15, -0.1) is 0 Å². The number of ether oxygens (including phenoxy) is 1. The summed E-state index contributed by atoms with van der Waals surface area (Å²) >= 11 is 6.16. The van der Waals surface area contributed by atoms with Crippen LogP contribution in [0.25, 0.3) is 0 Å². The zero-order valence-electron chi connectivity index (χ0n) is 20.5. The molecule has 3 aromatic carbocycles. The van der Waals surface area contributed by atoms with Gasteiger partial charge in [0, 0.05) is 16.6 Å². The van der Waals surface area contributed by atoms with Gasteiger partial charge in [0.15, 0.2) is 0 Å². The van der Waals surface area contributed by atoms with Gasteiger partial charge in [-0.1, -0.05) is 77.4 Å². The molecule has 36 heavy (non-hydrogen) atoms. The van der Waals surface area contributed by atoms with E-state index in [0.29, 0.717) is 17.3 Å². The first-order chi connectivity index (χ1) is 17.4. The number of hydrogen-bond donors (Lipinski definition) is 1. The first-order valence-corrected chi connectivity index (χ1v) is 12.1. The van der Waals surface area contributed by atoms with E-state index in [1.54, 1.807) is 24.3 Å². The summed E-state index contributed by atoms with van der Waals surface area (Å²) in [7, 11) is 0. The minimum Gasteiger partial charge on any atom is -0.489 e. The molecule has 1 amide bonds. The third-order valence-corrected chi connectivity index (χ3v) is 6.78. The Labute approximate surface area is 217 Å². The number of benzene rings is 3. The van der Waals surface area contributed by atoms with E-state index in [1.165, 1.54) is 0 Å². The molecule has 0 radical (unpaired) electrons. The molecule has 0 aromatic heterocycles. The van der Waals surface area contributed by atoms with Gasteiger partial charge in [0.2, 0.25) is 0 Å². The minimum absolute atomic E-state index is 0.0399. The smallest absolute Gasteiger partial charge is 0.266 e. The van der Waals surface area contributed by atoms with Crippen molar-refractivity contribution < 1.29 is 9.53 Å². The van der Waals surface area contributed by atoms with Crippen molar-refractivity contribution in [3.8, 4) is 11.8 Å². The molecule has 0 saturated heterocycles. The van der Waals surface area contributed by atoms with Crippen LogP contribution in [0.2, 0.25) is 5.02 Å². The van der Waals surface area contributed by atoms with Gasteiger partial charge in [0.1, 0.15) is 24.0 Å². The summed E-state index contributed by atoms with van der Waals surface area (Å²) < 4.78 is 5.92. The summed E-state index contributed by atoms with van der Waals surface area (Å²) in [6.07, 6.45) is 3.69. The molecule has 0 bridgehead atoms. The van der Waals surface area contributed by atoms with E-state index in [1.807, 2.05) is 68.5 Å². The van der Waals surface area contributed by atoms with Gasteiger partial charge in [0.05, 0.1) is 0 Å². The van der Waals surface area contributed by atoms with Crippen LogP contribution in [-0.4, -0.2) is 5.91 Å². The lowest BCUT2D eigenvalue weighted by Crippen LogP contribution is -2.14. The zero-order valence-corrected chi connectivity index (χ0v) is 21.3. The highest BCUT2D eigenvalue weighted by Crippen LogP contribution is 2.40. The van der Waals surface area contributed by atoms with Gasteiger partial charge in [-0.25, -0.2) is 0 Å². The Balaban J connectivity index is 1.50. The van der Waals surface area contributed by atoms with Crippen LogP contribution >= 0.6 is 11.6 Å². The first-order valence-electron chi connectivity index (χ1n) is 11.7. The molecular weight excluding hydrogens is 468 g/mol. The quantitative estimate of drug-likeness (QED) is 0.270. The van der Waals surface area contributed by atoms with Gasteiger partial charge in [0.25, 0.3) is 5.91 Å². The number of nitrogens with one attached hydrogen (secondary N) is 1. The maximum absolute atomic E-state index is 12.8. The number of allylic oxidation sites excluding steroid dienone is 5. The summed E-state index contributed by atoms with van der Waals surface area (Å²) in [5.41, 5.74) is 6.75. The summed E-state index contributed by atoms with van der Waals surface area (Å²) in [5.74, 6) is 0.430. The molecular formula is C31H27ClN2O2. The topological polar surface area (TPSA) is 62.1 Å². The highest BCUT2D eigenvalue weighted by molar-refractivity contribution is 6.31. The number of amides is 1.